The van der Waals surface area contributed by atoms with Gasteiger partial charge in [0.05, 0.1) is 12.2 Å². The number of nitrogens with zero attached hydrogens (tertiary/aromatic N) is 1. The Labute approximate surface area is 203 Å². The Kier molecular flexibility index (Phi) is 6.00. The molecule has 1 amide bonds. The molecule has 178 valence electrons. The highest BCUT2D eigenvalue weighted by Gasteiger charge is 2.16. The summed E-state index contributed by atoms with van der Waals surface area (Å²) in [5, 5.41) is 11.9. The fourth-order valence-electron chi connectivity index (χ4n) is 3.91. The van der Waals surface area contributed by atoms with Crippen molar-refractivity contribution in [1.82, 2.24) is 10.3 Å². The van der Waals surface area contributed by atoms with E-state index in [0.717, 1.165) is 5.56 Å². The van der Waals surface area contributed by atoms with Crippen molar-refractivity contribution in [2.75, 3.05) is 0 Å². The zero-order chi connectivity index (χ0) is 25.2. The second-order valence-corrected chi connectivity index (χ2v) is 8.09. The van der Waals surface area contributed by atoms with Crippen LogP contribution in [0.3, 0.4) is 0 Å². The lowest BCUT2D eigenvalue weighted by atomic mass is 9.98. The van der Waals surface area contributed by atoms with E-state index in [1.54, 1.807) is 30.3 Å². The molecule has 0 aliphatic rings. The van der Waals surface area contributed by atoms with Crippen molar-refractivity contribution in [1.29, 1.82) is 0 Å². The van der Waals surface area contributed by atoms with E-state index in [0.29, 0.717) is 44.7 Å². The average molecular weight is 484 g/mol. The molecule has 5 aromatic rings. The van der Waals surface area contributed by atoms with Crippen LogP contribution in [0.4, 0.5) is 13.6 Å². The third-order valence-electron chi connectivity index (χ3n) is 5.66. The molecule has 2 N–H and O–H groups in total. The van der Waals surface area contributed by atoms with Crippen molar-refractivity contribution in [3.05, 3.63) is 114 Å². The molecule has 0 unspecified atom stereocenters. The lowest BCUT2D eigenvalue weighted by Crippen LogP contribution is -2.19. The second kappa shape index (κ2) is 9.42. The fourth-order valence-corrected chi connectivity index (χ4v) is 3.91. The number of fused-ring (bicyclic) bond motifs is 1. The highest BCUT2D eigenvalue weighted by molar-refractivity contribution is 6.09. The summed E-state index contributed by atoms with van der Waals surface area (Å²) in [5.74, 6) is -0.656. The maximum absolute atomic E-state index is 13.5. The molecule has 5 rings (SSSR count). The number of carboxylic acid groups (broad SMARTS) is 1. The maximum Gasteiger partial charge on any atom is 0.405 e. The third-order valence-corrected chi connectivity index (χ3v) is 5.66. The van der Waals surface area contributed by atoms with Crippen LogP contribution in [0.1, 0.15) is 21.7 Å². The quantitative estimate of drug-likeness (QED) is 0.271. The minimum absolute atomic E-state index is 0.0132. The minimum atomic E-state index is -1.17. The van der Waals surface area contributed by atoms with Crippen LogP contribution in [0.25, 0.3) is 33.4 Å². The first-order chi connectivity index (χ1) is 17.4. The Balaban J connectivity index is 1.54. The Bertz CT molecular complexity index is 1580. The molecule has 0 bridgehead atoms. The number of ketones is 1. The van der Waals surface area contributed by atoms with E-state index < -0.39 is 11.9 Å². The van der Waals surface area contributed by atoms with Gasteiger partial charge in [0.15, 0.2) is 5.78 Å². The molecule has 0 atom stereocenters. The number of nitrogens with one attached hydrogen (secondary N) is 1. The van der Waals surface area contributed by atoms with Crippen LogP contribution in [0.15, 0.2) is 89.5 Å². The highest BCUT2D eigenvalue weighted by atomic mass is 19.1. The van der Waals surface area contributed by atoms with Gasteiger partial charge in [-0.15, -0.1) is 0 Å². The summed E-state index contributed by atoms with van der Waals surface area (Å²) in [6, 6.07) is 20.0. The third kappa shape index (κ3) is 4.69. The van der Waals surface area contributed by atoms with E-state index in [1.165, 1.54) is 42.6 Å². The standard InChI is InChI=1S/C28H18F2N2O4/c29-21-6-1-16(2-7-21)24-13-19(11-20-12-23(36-27(20)24)15-32-28(34)35)25-10-5-18(14-31-25)26(33)17-3-8-22(30)9-4-17/h1-14,32H,15H2,(H,34,35). The highest BCUT2D eigenvalue weighted by Crippen LogP contribution is 2.35. The van der Waals surface area contributed by atoms with Gasteiger partial charge in [-0.25, -0.2) is 13.6 Å². The second-order valence-electron chi connectivity index (χ2n) is 8.09. The predicted octanol–water partition coefficient (Wildman–Crippen LogP) is 6.44. The number of benzene rings is 3. The number of rotatable bonds is 6. The van der Waals surface area contributed by atoms with Gasteiger partial charge in [0.25, 0.3) is 0 Å². The van der Waals surface area contributed by atoms with Gasteiger partial charge in [-0.1, -0.05) is 12.1 Å². The van der Waals surface area contributed by atoms with E-state index in [4.69, 9.17) is 9.52 Å². The van der Waals surface area contributed by atoms with Gasteiger partial charge in [0, 0.05) is 33.8 Å². The molecule has 3 aromatic carbocycles. The van der Waals surface area contributed by atoms with Crippen LogP contribution >= 0.6 is 0 Å². The summed E-state index contributed by atoms with van der Waals surface area (Å²) in [5.41, 5.74) is 3.93. The molecular weight excluding hydrogens is 466 g/mol. The number of hydrogen-bond donors (Lipinski definition) is 2. The van der Waals surface area contributed by atoms with Crippen molar-refractivity contribution in [2.45, 2.75) is 6.54 Å². The summed E-state index contributed by atoms with van der Waals surface area (Å²) in [6.07, 6.45) is 0.287. The van der Waals surface area contributed by atoms with Gasteiger partial charge < -0.3 is 14.8 Å². The molecular formula is C28H18F2N2O4. The molecule has 0 fully saturated rings. The molecule has 8 heteroatoms. The SMILES string of the molecule is O=C(O)NCc1cc2cc(-c3ccc(C(=O)c4ccc(F)cc4)cn3)cc(-c3ccc(F)cc3)c2o1. The van der Waals surface area contributed by atoms with E-state index in [9.17, 15) is 18.4 Å². The Morgan fingerprint density at radius 2 is 1.50 bits per heavy atom. The molecule has 0 aliphatic carbocycles. The van der Waals surface area contributed by atoms with Crippen LogP contribution < -0.4 is 5.32 Å². The topological polar surface area (TPSA) is 92.4 Å². The molecule has 0 spiro atoms. The molecule has 0 saturated heterocycles. The van der Waals surface area contributed by atoms with Gasteiger partial charge in [-0.3, -0.25) is 9.78 Å². The smallest absolute Gasteiger partial charge is 0.405 e. The van der Waals surface area contributed by atoms with Crippen LogP contribution in [0, 0.1) is 11.6 Å². The molecule has 0 aliphatic heterocycles. The maximum atomic E-state index is 13.5. The van der Waals surface area contributed by atoms with Crippen LogP contribution in [0.5, 0.6) is 0 Å². The van der Waals surface area contributed by atoms with E-state index >= 15 is 0 Å². The van der Waals surface area contributed by atoms with Gasteiger partial charge in [-0.2, -0.15) is 0 Å². The molecule has 36 heavy (non-hydrogen) atoms. The predicted molar refractivity (Wildman–Crippen MR) is 130 cm³/mol. The molecule has 6 nitrogen and oxygen atoms in total. The monoisotopic (exact) mass is 484 g/mol. The molecule has 2 aromatic heterocycles. The van der Waals surface area contributed by atoms with Gasteiger partial charge in [0.2, 0.25) is 0 Å². The normalized spacial score (nSPS) is 10.9. The number of furan rings is 1. The van der Waals surface area contributed by atoms with Crippen molar-refractivity contribution in [3.63, 3.8) is 0 Å². The largest absolute Gasteiger partial charge is 0.465 e. The van der Waals surface area contributed by atoms with Gasteiger partial charge >= 0.3 is 6.09 Å². The van der Waals surface area contributed by atoms with Crippen LogP contribution in [-0.4, -0.2) is 22.0 Å². The molecule has 0 saturated carbocycles. The van der Waals surface area contributed by atoms with E-state index in [-0.39, 0.29) is 18.1 Å². The van der Waals surface area contributed by atoms with Crippen LogP contribution in [-0.2, 0) is 6.54 Å². The molecule has 0 radical (unpaired) electrons. The summed E-state index contributed by atoms with van der Waals surface area (Å²) in [6.45, 7) is -0.0132. The zero-order valence-electron chi connectivity index (χ0n) is 18.7. The lowest BCUT2D eigenvalue weighted by molar-refractivity contribution is 0.103. The first-order valence-corrected chi connectivity index (χ1v) is 10.9. The Morgan fingerprint density at radius 1 is 0.833 bits per heavy atom. The van der Waals surface area contributed by atoms with Crippen LogP contribution in [0.2, 0.25) is 0 Å². The summed E-state index contributed by atoms with van der Waals surface area (Å²) in [4.78, 5) is 28.1. The van der Waals surface area contributed by atoms with Crippen molar-refractivity contribution >= 4 is 22.8 Å². The first kappa shape index (κ1) is 22.9. The number of halogens is 2. The number of amides is 1. The summed E-state index contributed by atoms with van der Waals surface area (Å²) >= 11 is 0. The Hall–Kier alpha value is -4.85. The summed E-state index contributed by atoms with van der Waals surface area (Å²) in [7, 11) is 0. The van der Waals surface area contributed by atoms with Crippen molar-refractivity contribution in [3.8, 4) is 22.4 Å². The zero-order valence-corrected chi connectivity index (χ0v) is 18.7. The average Bonchev–Trinajstić information content (AvgIpc) is 3.31. The van der Waals surface area contributed by atoms with E-state index in [2.05, 4.69) is 10.3 Å². The first-order valence-electron chi connectivity index (χ1n) is 10.9. The number of aromatic nitrogens is 1. The van der Waals surface area contributed by atoms with Gasteiger partial charge in [-0.05, 0) is 72.3 Å². The van der Waals surface area contributed by atoms with Crippen molar-refractivity contribution in [2.24, 2.45) is 0 Å². The number of carbonyl (C=O) groups is 2. The summed E-state index contributed by atoms with van der Waals surface area (Å²) < 4.78 is 32.6. The van der Waals surface area contributed by atoms with E-state index in [1.807, 2.05) is 12.1 Å². The fraction of sp³-hybridized carbons (Fsp3) is 0.0357. The number of pyridine rings is 1. The van der Waals surface area contributed by atoms with Gasteiger partial charge in [0.1, 0.15) is 23.0 Å². The van der Waals surface area contributed by atoms with Crippen molar-refractivity contribution < 1.29 is 27.9 Å². The number of hydrogen-bond acceptors (Lipinski definition) is 4. The lowest BCUT2D eigenvalue weighted by Gasteiger charge is -2.08. The minimum Gasteiger partial charge on any atom is -0.465 e. The molecule has 2 heterocycles. The number of carbonyl (C=O) groups excluding carboxylic acids is 1. The Morgan fingerprint density at radius 3 is 2.14 bits per heavy atom.